The molecule has 98 valence electrons. The minimum Gasteiger partial charge on any atom is -0.545 e. The van der Waals surface area contributed by atoms with E-state index in [4.69, 9.17) is 0 Å². The fraction of sp³-hybridized carbons (Fsp3) is 0.417. The summed E-state index contributed by atoms with van der Waals surface area (Å²) < 4.78 is 22.6. The van der Waals surface area contributed by atoms with Gasteiger partial charge in [0.25, 0.3) is 0 Å². The van der Waals surface area contributed by atoms with E-state index in [0.29, 0.717) is 13.0 Å². The summed E-state index contributed by atoms with van der Waals surface area (Å²) in [7, 11) is -2.84. The molecule has 0 saturated carbocycles. The second-order valence-electron chi connectivity index (χ2n) is 4.59. The van der Waals surface area contributed by atoms with E-state index in [2.05, 4.69) is 0 Å². The highest BCUT2D eigenvalue weighted by Gasteiger charge is 2.30. The summed E-state index contributed by atoms with van der Waals surface area (Å²) in [6.07, 6.45) is 0.694. The molecule has 0 radical (unpaired) electrons. The molecule has 1 heterocycles. The van der Waals surface area contributed by atoms with E-state index in [1.165, 1.54) is 12.1 Å². The van der Waals surface area contributed by atoms with Gasteiger partial charge in [-0.25, -0.2) is 8.42 Å². The van der Waals surface area contributed by atoms with Crippen molar-refractivity contribution in [3.8, 4) is 0 Å². The van der Waals surface area contributed by atoms with Gasteiger partial charge in [0.2, 0.25) is 0 Å². The van der Waals surface area contributed by atoms with E-state index in [1.54, 1.807) is 12.1 Å². The Bertz CT molecular complexity index is 536. The van der Waals surface area contributed by atoms with Crippen molar-refractivity contribution in [3.05, 3.63) is 35.4 Å². The van der Waals surface area contributed by atoms with Gasteiger partial charge >= 0.3 is 0 Å². The number of sulfone groups is 1. The highest BCUT2D eigenvalue weighted by molar-refractivity contribution is 7.91. The van der Waals surface area contributed by atoms with E-state index < -0.39 is 15.8 Å². The Morgan fingerprint density at radius 1 is 1.33 bits per heavy atom. The Kier molecular flexibility index (Phi) is 3.68. The lowest BCUT2D eigenvalue weighted by Gasteiger charge is -2.08. The molecule has 0 amide bonds. The van der Waals surface area contributed by atoms with Crippen molar-refractivity contribution in [2.24, 2.45) is 0 Å². The SMILES string of the molecule is O=C([O-])c1ccc(C[NH2+][C@@H]2CCS(=O)(=O)C2)cc1. The zero-order chi connectivity index (χ0) is 13.2. The predicted molar refractivity (Wildman–Crippen MR) is 63.5 cm³/mol. The highest BCUT2D eigenvalue weighted by Crippen LogP contribution is 2.08. The zero-order valence-corrected chi connectivity index (χ0v) is 10.7. The van der Waals surface area contributed by atoms with Crippen LogP contribution in [0.1, 0.15) is 22.3 Å². The first-order valence-corrected chi connectivity index (χ1v) is 7.62. The zero-order valence-electron chi connectivity index (χ0n) is 9.83. The number of aromatic carboxylic acids is 1. The third-order valence-corrected chi connectivity index (χ3v) is 4.94. The summed E-state index contributed by atoms with van der Waals surface area (Å²) in [4.78, 5) is 10.6. The molecule has 0 aliphatic carbocycles. The third-order valence-electron chi connectivity index (χ3n) is 3.14. The molecule has 2 rings (SSSR count). The smallest absolute Gasteiger partial charge is 0.156 e. The fourth-order valence-corrected chi connectivity index (χ4v) is 3.87. The van der Waals surface area contributed by atoms with Crippen molar-refractivity contribution >= 4 is 15.8 Å². The van der Waals surface area contributed by atoms with Crippen LogP contribution in [0.25, 0.3) is 0 Å². The van der Waals surface area contributed by atoms with Gasteiger partial charge in [0.1, 0.15) is 18.3 Å². The van der Waals surface area contributed by atoms with Crippen molar-refractivity contribution in [1.29, 1.82) is 0 Å². The summed E-state index contributed by atoms with van der Waals surface area (Å²) in [5.74, 6) is -0.672. The van der Waals surface area contributed by atoms with Crippen LogP contribution in [-0.4, -0.2) is 31.9 Å². The van der Waals surface area contributed by atoms with Crippen LogP contribution in [0.15, 0.2) is 24.3 Å². The van der Waals surface area contributed by atoms with Gasteiger partial charge in [0, 0.05) is 12.0 Å². The van der Waals surface area contributed by atoms with E-state index in [9.17, 15) is 18.3 Å². The number of carbonyl (C=O) groups excluding carboxylic acids is 1. The molecule has 1 atom stereocenters. The number of carbonyl (C=O) groups is 1. The molecular weight excluding hydrogens is 254 g/mol. The van der Waals surface area contributed by atoms with Gasteiger partial charge < -0.3 is 15.2 Å². The second-order valence-corrected chi connectivity index (χ2v) is 6.82. The van der Waals surface area contributed by atoms with E-state index >= 15 is 0 Å². The largest absolute Gasteiger partial charge is 0.545 e. The quantitative estimate of drug-likeness (QED) is 0.705. The second kappa shape index (κ2) is 5.07. The van der Waals surface area contributed by atoms with E-state index in [0.717, 1.165) is 5.56 Å². The van der Waals surface area contributed by atoms with Gasteiger partial charge in [0.15, 0.2) is 9.84 Å². The van der Waals surface area contributed by atoms with E-state index in [1.807, 2.05) is 5.32 Å². The van der Waals surface area contributed by atoms with E-state index in [-0.39, 0.29) is 23.1 Å². The van der Waals surface area contributed by atoms with Crippen LogP contribution in [-0.2, 0) is 16.4 Å². The van der Waals surface area contributed by atoms with Crippen LogP contribution in [0.2, 0.25) is 0 Å². The van der Waals surface area contributed by atoms with Crippen LogP contribution in [0, 0.1) is 0 Å². The highest BCUT2D eigenvalue weighted by atomic mass is 32.2. The number of quaternary nitrogens is 1. The normalized spacial score (nSPS) is 21.9. The number of hydrogen-bond donors (Lipinski definition) is 1. The summed E-state index contributed by atoms with van der Waals surface area (Å²) >= 11 is 0. The molecule has 0 spiro atoms. The Labute approximate surface area is 106 Å². The molecule has 0 bridgehead atoms. The first kappa shape index (κ1) is 13.0. The Morgan fingerprint density at radius 3 is 2.50 bits per heavy atom. The minimum absolute atomic E-state index is 0.121. The first-order chi connectivity index (χ1) is 8.46. The van der Waals surface area contributed by atoms with Gasteiger partial charge in [-0.05, 0) is 5.56 Å². The molecule has 1 saturated heterocycles. The van der Waals surface area contributed by atoms with Crippen molar-refractivity contribution in [3.63, 3.8) is 0 Å². The number of carboxylic acid groups (broad SMARTS) is 1. The van der Waals surface area contributed by atoms with Crippen LogP contribution < -0.4 is 10.4 Å². The predicted octanol–water partition coefficient (Wildman–Crippen LogP) is -1.70. The third kappa shape index (κ3) is 3.30. The first-order valence-electron chi connectivity index (χ1n) is 5.80. The van der Waals surface area contributed by atoms with Crippen molar-refractivity contribution < 1.29 is 23.6 Å². The number of hydrogen-bond acceptors (Lipinski definition) is 4. The van der Waals surface area contributed by atoms with Crippen LogP contribution in [0.4, 0.5) is 0 Å². The lowest BCUT2D eigenvalue weighted by Crippen LogP contribution is -2.89. The van der Waals surface area contributed by atoms with Crippen LogP contribution in [0.3, 0.4) is 0 Å². The molecule has 0 aromatic heterocycles. The lowest BCUT2D eigenvalue weighted by atomic mass is 10.1. The fourth-order valence-electron chi connectivity index (χ4n) is 2.09. The summed E-state index contributed by atoms with van der Waals surface area (Å²) in [6.45, 7) is 0.660. The molecule has 2 N–H and O–H groups in total. The maximum atomic E-state index is 11.3. The maximum Gasteiger partial charge on any atom is 0.156 e. The summed E-state index contributed by atoms with van der Waals surface area (Å²) in [5, 5.41) is 12.6. The van der Waals surface area contributed by atoms with Gasteiger partial charge in [-0.2, -0.15) is 0 Å². The number of nitrogens with two attached hydrogens (primary N) is 1. The maximum absolute atomic E-state index is 11.3. The Balaban J connectivity index is 1.89. The molecule has 5 nitrogen and oxygen atoms in total. The summed E-state index contributed by atoms with van der Waals surface area (Å²) in [6, 6.07) is 6.58. The molecule has 0 unspecified atom stereocenters. The molecule has 18 heavy (non-hydrogen) atoms. The molecule has 6 heteroatoms. The van der Waals surface area contributed by atoms with Crippen molar-refractivity contribution in [1.82, 2.24) is 0 Å². The topological polar surface area (TPSA) is 90.9 Å². The monoisotopic (exact) mass is 269 g/mol. The number of rotatable bonds is 4. The number of carboxylic acids is 1. The summed E-state index contributed by atoms with van der Waals surface area (Å²) in [5.41, 5.74) is 1.13. The molecule has 1 aliphatic rings. The Morgan fingerprint density at radius 2 is 2.00 bits per heavy atom. The molecular formula is C12H15NO4S. The molecule has 1 aromatic rings. The molecule has 1 fully saturated rings. The van der Waals surface area contributed by atoms with Gasteiger partial charge in [-0.3, -0.25) is 0 Å². The van der Waals surface area contributed by atoms with Crippen LogP contribution in [0.5, 0.6) is 0 Å². The van der Waals surface area contributed by atoms with Gasteiger partial charge in [0.05, 0.1) is 11.7 Å². The standard InChI is InChI=1S/C12H15NO4S/c14-12(15)10-3-1-9(2-4-10)7-13-11-5-6-18(16,17)8-11/h1-4,11,13H,5-8H2,(H,14,15)/t11-/m1/s1. The molecule has 1 aromatic carbocycles. The average molecular weight is 269 g/mol. The average Bonchev–Trinajstić information content (AvgIpc) is 2.67. The minimum atomic E-state index is -2.84. The number of benzene rings is 1. The molecule has 1 aliphatic heterocycles. The van der Waals surface area contributed by atoms with Crippen LogP contribution >= 0.6 is 0 Å². The van der Waals surface area contributed by atoms with Crippen molar-refractivity contribution in [2.45, 2.75) is 19.0 Å². The van der Waals surface area contributed by atoms with Crippen molar-refractivity contribution in [2.75, 3.05) is 11.5 Å². The van der Waals surface area contributed by atoms with Gasteiger partial charge in [-0.1, -0.05) is 24.3 Å². The Hall–Kier alpha value is -1.40. The van der Waals surface area contributed by atoms with Gasteiger partial charge in [-0.15, -0.1) is 0 Å². The lowest BCUT2D eigenvalue weighted by molar-refractivity contribution is -0.699.